The summed E-state index contributed by atoms with van der Waals surface area (Å²) in [5.41, 5.74) is 25.6. The lowest BCUT2D eigenvalue weighted by Gasteiger charge is -2.19. The number of aliphatic hydroxyl groups is 1. The first-order valence-electron chi connectivity index (χ1n) is 21.8. The average Bonchev–Trinajstić information content (AvgIpc) is 4.02. The second-order valence-electron chi connectivity index (χ2n) is 15.8. The molecule has 332 valence electrons. The van der Waals surface area contributed by atoms with Crippen molar-refractivity contribution in [2.24, 2.45) is 0 Å². The van der Waals surface area contributed by atoms with Gasteiger partial charge in [0.15, 0.2) is 17.5 Å². The molecule has 0 aliphatic heterocycles. The number of H-pyrrole nitrogens is 2. The van der Waals surface area contributed by atoms with Crippen LogP contribution in [0.4, 0.5) is 35.3 Å². The number of hydrogen-bond donors (Lipinski definition) is 9. The van der Waals surface area contributed by atoms with Crippen molar-refractivity contribution in [2.75, 3.05) is 39.8 Å². The molecular weight excluding hydrogens is 813 g/mol. The predicted octanol–water partition coefficient (Wildman–Crippen LogP) is 6.14. The number of nitrogen functional groups attached to an aromatic ring is 3. The summed E-state index contributed by atoms with van der Waals surface area (Å²) >= 11 is 0. The SMILES string of the molecule is CCCC[C@@H](Nc1nc(N)nc2ccc(-c3cnc([C@@H](CCCC)Nc4nc(N)nc5c(CCCC[C@@H](CO)Nc6nc(N)nc7c(C)ccnc67)ccnc45)[nH]3)nc12)c1ncn[nH]1. The van der Waals surface area contributed by atoms with Crippen molar-refractivity contribution in [1.82, 2.24) is 70.0 Å². The summed E-state index contributed by atoms with van der Waals surface area (Å²) in [6, 6.07) is 6.90. The number of aryl methyl sites for hydroxylation is 2. The van der Waals surface area contributed by atoms with E-state index in [-0.39, 0.29) is 42.6 Å². The molecule has 8 heterocycles. The molecule has 8 aromatic rings. The van der Waals surface area contributed by atoms with Crippen LogP contribution in [0.2, 0.25) is 0 Å². The first-order valence-corrected chi connectivity index (χ1v) is 21.8. The molecular formula is C43H54N20O. The zero-order chi connectivity index (χ0) is 44.6. The van der Waals surface area contributed by atoms with Crippen LogP contribution < -0.4 is 33.2 Å². The van der Waals surface area contributed by atoms with Crippen LogP contribution in [-0.2, 0) is 6.42 Å². The predicted molar refractivity (Wildman–Crippen MR) is 248 cm³/mol. The van der Waals surface area contributed by atoms with Gasteiger partial charge in [0.1, 0.15) is 34.5 Å². The smallest absolute Gasteiger partial charge is 0.222 e. The summed E-state index contributed by atoms with van der Waals surface area (Å²) in [7, 11) is 0. The number of rotatable bonds is 21. The van der Waals surface area contributed by atoms with Gasteiger partial charge in [-0.15, -0.1) is 0 Å². The fraction of sp³-hybridized carbons (Fsp3) is 0.395. The van der Waals surface area contributed by atoms with Gasteiger partial charge in [-0.05, 0) is 74.4 Å². The minimum Gasteiger partial charge on any atom is -0.394 e. The Balaban J connectivity index is 0.987. The number of aliphatic hydroxyl groups excluding tert-OH is 1. The number of nitrogens with one attached hydrogen (secondary N) is 5. The van der Waals surface area contributed by atoms with E-state index in [0.29, 0.717) is 86.4 Å². The number of hydrogen-bond acceptors (Lipinski definition) is 19. The lowest BCUT2D eigenvalue weighted by molar-refractivity contribution is 0.266. The quantitative estimate of drug-likeness (QED) is 0.0366. The summed E-state index contributed by atoms with van der Waals surface area (Å²) in [6.07, 6.45) is 15.2. The maximum absolute atomic E-state index is 10.3. The van der Waals surface area contributed by atoms with E-state index in [1.807, 2.05) is 31.2 Å². The van der Waals surface area contributed by atoms with Crippen LogP contribution in [0.3, 0.4) is 0 Å². The van der Waals surface area contributed by atoms with Gasteiger partial charge in [0.2, 0.25) is 17.8 Å². The van der Waals surface area contributed by atoms with E-state index < -0.39 is 0 Å². The molecule has 12 N–H and O–H groups in total. The molecule has 0 spiro atoms. The molecule has 0 saturated carbocycles. The Morgan fingerprint density at radius 1 is 0.625 bits per heavy atom. The zero-order valence-electron chi connectivity index (χ0n) is 36.2. The number of nitrogens with two attached hydrogens (primary N) is 3. The van der Waals surface area contributed by atoms with Crippen molar-refractivity contribution < 1.29 is 5.11 Å². The van der Waals surface area contributed by atoms with Gasteiger partial charge in [-0.1, -0.05) is 46.0 Å². The summed E-state index contributed by atoms with van der Waals surface area (Å²) < 4.78 is 0. The first-order chi connectivity index (χ1) is 31.2. The number of aromatic amines is 2. The van der Waals surface area contributed by atoms with Gasteiger partial charge in [-0.3, -0.25) is 15.1 Å². The molecule has 21 nitrogen and oxygen atoms in total. The Morgan fingerprint density at radius 3 is 1.98 bits per heavy atom. The van der Waals surface area contributed by atoms with Crippen molar-refractivity contribution in [3.63, 3.8) is 0 Å². The fourth-order valence-corrected chi connectivity index (χ4v) is 7.79. The number of anilines is 6. The van der Waals surface area contributed by atoms with Gasteiger partial charge in [0, 0.05) is 12.4 Å². The number of imidazole rings is 1. The van der Waals surface area contributed by atoms with Crippen molar-refractivity contribution in [3.8, 4) is 11.4 Å². The van der Waals surface area contributed by atoms with Crippen LogP contribution in [0.15, 0.2) is 49.2 Å². The number of aromatic nitrogens is 14. The van der Waals surface area contributed by atoms with Gasteiger partial charge >= 0.3 is 0 Å². The Labute approximate surface area is 368 Å². The van der Waals surface area contributed by atoms with Crippen LogP contribution in [-0.4, -0.2) is 87.8 Å². The van der Waals surface area contributed by atoms with Crippen molar-refractivity contribution in [3.05, 3.63) is 72.0 Å². The number of nitrogens with zero attached hydrogens (tertiary/aromatic N) is 12. The molecule has 64 heavy (non-hydrogen) atoms. The average molecular weight is 867 g/mol. The third-order valence-corrected chi connectivity index (χ3v) is 11.1. The second-order valence-corrected chi connectivity index (χ2v) is 15.8. The Hall–Kier alpha value is -7.42. The molecule has 0 unspecified atom stereocenters. The van der Waals surface area contributed by atoms with Gasteiger partial charge < -0.3 is 43.2 Å². The Bertz CT molecular complexity index is 2830. The number of unbranched alkanes of at least 4 members (excludes halogenated alkanes) is 3. The van der Waals surface area contributed by atoms with E-state index in [9.17, 15) is 5.11 Å². The zero-order valence-corrected chi connectivity index (χ0v) is 36.2. The second kappa shape index (κ2) is 19.7. The third-order valence-electron chi connectivity index (χ3n) is 11.1. The molecule has 0 amide bonds. The van der Waals surface area contributed by atoms with Gasteiger partial charge in [0.25, 0.3) is 0 Å². The van der Waals surface area contributed by atoms with Crippen LogP contribution in [0.5, 0.6) is 0 Å². The fourth-order valence-electron chi connectivity index (χ4n) is 7.79. The van der Waals surface area contributed by atoms with E-state index in [0.717, 1.165) is 62.5 Å². The van der Waals surface area contributed by atoms with Gasteiger partial charge in [-0.25, -0.2) is 29.9 Å². The molecule has 0 aromatic carbocycles. The van der Waals surface area contributed by atoms with Gasteiger partial charge in [-0.2, -0.15) is 20.1 Å². The maximum Gasteiger partial charge on any atom is 0.222 e. The minimum atomic E-state index is -0.261. The monoisotopic (exact) mass is 866 g/mol. The summed E-state index contributed by atoms with van der Waals surface area (Å²) in [6.45, 7) is 6.15. The van der Waals surface area contributed by atoms with E-state index in [2.05, 4.69) is 84.9 Å². The Kier molecular flexibility index (Phi) is 13.3. The highest BCUT2D eigenvalue weighted by Gasteiger charge is 2.22. The van der Waals surface area contributed by atoms with E-state index in [1.54, 1.807) is 18.6 Å². The largest absolute Gasteiger partial charge is 0.394 e. The summed E-state index contributed by atoms with van der Waals surface area (Å²) in [5, 5.41) is 27.8. The van der Waals surface area contributed by atoms with E-state index >= 15 is 0 Å². The topological polar surface area (TPSA) is 321 Å². The molecule has 8 rings (SSSR count). The lowest BCUT2D eigenvalue weighted by Crippen LogP contribution is -2.25. The summed E-state index contributed by atoms with van der Waals surface area (Å²) in [5.74, 6) is 3.36. The van der Waals surface area contributed by atoms with Crippen molar-refractivity contribution >= 4 is 68.4 Å². The summed E-state index contributed by atoms with van der Waals surface area (Å²) in [4.78, 5) is 54.0. The molecule has 0 saturated heterocycles. The highest BCUT2D eigenvalue weighted by atomic mass is 16.3. The molecule has 0 aliphatic rings. The first kappa shape index (κ1) is 43.2. The number of pyridine rings is 3. The van der Waals surface area contributed by atoms with Crippen LogP contribution in [0, 0.1) is 6.92 Å². The molecule has 3 atom stereocenters. The minimum absolute atomic E-state index is 0.0861. The van der Waals surface area contributed by atoms with Crippen molar-refractivity contribution in [2.45, 2.75) is 103 Å². The van der Waals surface area contributed by atoms with Crippen LogP contribution >= 0.6 is 0 Å². The van der Waals surface area contributed by atoms with Crippen LogP contribution in [0.25, 0.3) is 44.5 Å². The van der Waals surface area contributed by atoms with Crippen molar-refractivity contribution in [1.29, 1.82) is 0 Å². The van der Waals surface area contributed by atoms with E-state index in [1.165, 1.54) is 6.33 Å². The van der Waals surface area contributed by atoms with Gasteiger partial charge in [0.05, 0.1) is 58.9 Å². The van der Waals surface area contributed by atoms with Crippen LogP contribution in [0.1, 0.15) is 106 Å². The van der Waals surface area contributed by atoms with E-state index in [4.69, 9.17) is 32.2 Å². The molecule has 21 heteroatoms. The highest BCUT2D eigenvalue weighted by Crippen LogP contribution is 2.32. The molecule has 0 aliphatic carbocycles. The Morgan fingerprint density at radius 2 is 1.28 bits per heavy atom. The maximum atomic E-state index is 10.3. The highest BCUT2D eigenvalue weighted by molar-refractivity contribution is 5.90. The lowest BCUT2D eigenvalue weighted by atomic mass is 10.0. The standard InChI is InChI=1S/C43H54N20O/c1-4-6-12-28(36-49-20-30(56-36)26-14-15-27-33(53-26)38(60-41(44)57-27)55-29(13-7-5-2)37-50-22-51-63-37)54-40-35-32(59-43(46)62-40)24(17-19-48-35)10-8-9-11-25(21-64)52-39-34-31(58-42(45)61-39)23(3)16-18-47-34/h14-20,22,25,28-29,64H,4-13,21H2,1-3H3,(H,49,56)(H,50,51,63)(H3,44,55,57,60)(H3,45,52,58,61)(H3,46,54,59,62)/t25-,28+,29+/m0/s1. The molecule has 0 bridgehead atoms. The molecule has 0 radical (unpaired) electrons. The molecule has 0 fully saturated rings. The third kappa shape index (κ3) is 9.78. The molecule has 8 aromatic heterocycles. The number of fused-ring (bicyclic) bond motifs is 3. The normalized spacial score (nSPS) is 13.1.